The van der Waals surface area contributed by atoms with Gasteiger partial charge in [0, 0.05) is 23.0 Å². The number of thioether (sulfide) groups is 1. The lowest BCUT2D eigenvalue weighted by atomic mass is 10.3. The highest BCUT2D eigenvalue weighted by atomic mass is 32.2. The molecule has 2 aromatic carbocycles. The molecule has 0 aliphatic rings. The zero-order valence-corrected chi connectivity index (χ0v) is 17.9. The van der Waals surface area contributed by atoms with Crippen LogP contribution in [0.5, 0.6) is 5.75 Å². The molecule has 0 saturated carbocycles. The van der Waals surface area contributed by atoms with E-state index in [-0.39, 0.29) is 22.0 Å². The number of methoxy groups -OCH3 is 1. The third kappa shape index (κ3) is 5.71. The van der Waals surface area contributed by atoms with Crippen LogP contribution in [0.1, 0.15) is 6.92 Å². The number of hydrogen-bond acceptors (Lipinski definition) is 7. The number of hydrogen-bond donors (Lipinski definition) is 2. The van der Waals surface area contributed by atoms with Crippen LogP contribution in [0.15, 0.2) is 76.8 Å². The highest BCUT2D eigenvalue weighted by Crippen LogP contribution is 2.26. The Hall–Kier alpha value is -3.11. The molecule has 3 aromatic rings. The molecule has 3 rings (SSSR count). The van der Waals surface area contributed by atoms with Crippen molar-refractivity contribution in [2.45, 2.75) is 22.0 Å². The minimum Gasteiger partial charge on any atom is -0.497 e. The van der Waals surface area contributed by atoms with E-state index >= 15 is 0 Å². The molecular formula is C20H20N4O4S2. The van der Waals surface area contributed by atoms with Gasteiger partial charge < -0.3 is 10.1 Å². The Labute approximate surface area is 179 Å². The zero-order chi connectivity index (χ0) is 21.6. The third-order valence-electron chi connectivity index (χ3n) is 3.97. The van der Waals surface area contributed by atoms with Gasteiger partial charge >= 0.3 is 0 Å². The smallest absolute Gasteiger partial charge is 0.264 e. The van der Waals surface area contributed by atoms with E-state index < -0.39 is 10.0 Å². The number of ether oxygens (including phenoxy) is 1. The molecule has 1 heterocycles. The number of aromatic nitrogens is 2. The average Bonchev–Trinajstić information content (AvgIpc) is 2.75. The van der Waals surface area contributed by atoms with E-state index in [0.29, 0.717) is 5.69 Å². The third-order valence-corrected chi connectivity index (χ3v) is 6.42. The average molecular weight is 445 g/mol. The summed E-state index contributed by atoms with van der Waals surface area (Å²) in [5, 5.41) is 2.44. The van der Waals surface area contributed by atoms with Crippen molar-refractivity contribution >= 4 is 39.3 Å². The first-order chi connectivity index (χ1) is 14.4. The second-order valence-electron chi connectivity index (χ2n) is 6.13. The molecule has 0 saturated heterocycles. The van der Waals surface area contributed by atoms with Gasteiger partial charge in [0.2, 0.25) is 11.9 Å². The van der Waals surface area contributed by atoms with Crippen LogP contribution in [0.25, 0.3) is 0 Å². The molecule has 0 aliphatic carbocycles. The summed E-state index contributed by atoms with van der Waals surface area (Å²) >= 11 is 1.41. The van der Waals surface area contributed by atoms with Gasteiger partial charge in [0.1, 0.15) is 5.75 Å². The van der Waals surface area contributed by atoms with Crippen LogP contribution < -0.4 is 14.8 Å². The van der Waals surface area contributed by atoms with Gasteiger partial charge in [-0.2, -0.15) is 0 Å². The molecule has 8 nitrogen and oxygen atoms in total. The fourth-order valence-corrected chi connectivity index (χ4v) is 4.23. The Balaban J connectivity index is 1.60. The van der Waals surface area contributed by atoms with E-state index in [9.17, 15) is 13.2 Å². The monoisotopic (exact) mass is 444 g/mol. The predicted molar refractivity (Wildman–Crippen MR) is 116 cm³/mol. The molecule has 156 valence electrons. The van der Waals surface area contributed by atoms with Crippen LogP contribution >= 0.6 is 11.8 Å². The Bertz CT molecular complexity index is 1090. The zero-order valence-electron chi connectivity index (χ0n) is 16.3. The van der Waals surface area contributed by atoms with Crippen molar-refractivity contribution in [3.8, 4) is 5.75 Å². The number of carbonyl (C=O) groups is 1. The Morgan fingerprint density at radius 2 is 1.67 bits per heavy atom. The van der Waals surface area contributed by atoms with Crippen molar-refractivity contribution in [2.24, 2.45) is 0 Å². The van der Waals surface area contributed by atoms with Crippen molar-refractivity contribution < 1.29 is 17.9 Å². The van der Waals surface area contributed by atoms with E-state index in [2.05, 4.69) is 20.0 Å². The first kappa shape index (κ1) is 21.6. The SMILES string of the molecule is COc1ccc(S[C@H](C)C(=O)Nc2ccc(S(=O)(=O)Nc3ncccn3)cc2)cc1. The molecule has 1 aromatic heterocycles. The summed E-state index contributed by atoms with van der Waals surface area (Å²) in [6.07, 6.45) is 2.88. The Morgan fingerprint density at radius 1 is 1.03 bits per heavy atom. The van der Waals surface area contributed by atoms with E-state index in [0.717, 1.165) is 10.6 Å². The van der Waals surface area contributed by atoms with Crippen molar-refractivity contribution in [2.75, 3.05) is 17.1 Å². The van der Waals surface area contributed by atoms with Gasteiger partial charge in [0.15, 0.2) is 0 Å². The second-order valence-corrected chi connectivity index (χ2v) is 9.22. The molecule has 0 fully saturated rings. The summed E-state index contributed by atoms with van der Waals surface area (Å²) in [7, 11) is -2.23. The summed E-state index contributed by atoms with van der Waals surface area (Å²) in [4.78, 5) is 21.1. The number of benzene rings is 2. The van der Waals surface area contributed by atoms with E-state index in [1.165, 1.54) is 48.4 Å². The van der Waals surface area contributed by atoms with Crippen molar-refractivity contribution in [3.05, 3.63) is 67.0 Å². The second kappa shape index (κ2) is 9.59. The highest BCUT2D eigenvalue weighted by molar-refractivity contribution is 8.00. The molecular weight excluding hydrogens is 424 g/mol. The van der Waals surface area contributed by atoms with Crippen LogP contribution in [0.3, 0.4) is 0 Å². The summed E-state index contributed by atoms with van der Waals surface area (Å²) in [6, 6.07) is 14.9. The maximum Gasteiger partial charge on any atom is 0.264 e. The van der Waals surface area contributed by atoms with Crippen molar-refractivity contribution in [3.63, 3.8) is 0 Å². The molecule has 0 aliphatic heterocycles. The fraction of sp³-hybridized carbons (Fsp3) is 0.150. The number of nitrogens with zero attached hydrogens (tertiary/aromatic N) is 2. The molecule has 0 bridgehead atoms. The molecule has 1 atom stereocenters. The summed E-state index contributed by atoms with van der Waals surface area (Å²) in [5.41, 5.74) is 0.497. The van der Waals surface area contributed by atoms with E-state index in [1.807, 2.05) is 24.3 Å². The number of amides is 1. The van der Waals surface area contributed by atoms with Crippen LogP contribution in [0, 0.1) is 0 Å². The summed E-state index contributed by atoms with van der Waals surface area (Å²) in [5.74, 6) is 0.543. The van der Waals surface area contributed by atoms with Crippen LogP contribution in [0.2, 0.25) is 0 Å². The largest absolute Gasteiger partial charge is 0.497 e. The van der Waals surface area contributed by atoms with Gasteiger partial charge in [-0.15, -0.1) is 11.8 Å². The molecule has 10 heteroatoms. The quantitative estimate of drug-likeness (QED) is 0.512. The Kier molecular flexibility index (Phi) is 6.91. The minimum atomic E-state index is -3.82. The number of carbonyl (C=O) groups excluding carboxylic acids is 1. The first-order valence-corrected chi connectivity index (χ1v) is 11.2. The predicted octanol–water partition coefficient (Wildman–Crippen LogP) is 3.41. The van der Waals surface area contributed by atoms with Gasteiger partial charge in [0.25, 0.3) is 10.0 Å². The lowest BCUT2D eigenvalue weighted by Crippen LogP contribution is -2.22. The molecule has 1 amide bonds. The van der Waals surface area contributed by atoms with Crippen LogP contribution in [-0.2, 0) is 14.8 Å². The number of rotatable bonds is 8. The molecule has 0 unspecified atom stereocenters. The standard InChI is InChI=1S/C20H20N4O4S2/c1-14(29-17-8-6-16(28-2)7-9-17)19(25)23-15-4-10-18(11-5-15)30(26,27)24-20-21-12-3-13-22-20/h3-14H,1-2H3,(H,23,25)(H,21,22,24)/t14-/m1/s1. The maximum absolute atomic E-state index is 12.5. The minimum absolute atomic E-state index is 0.0146. The highest BCUT2D eigenvalue weighted by Gasteiger charge is 2.17. The van der Waals surface area contributed by atoms with Gasteiger partial charge in [-0.25, -0.2) is 23.1 Å². The number of nitrogens with one attached hydrogen (secondary N) is 2. The first-order valence-electron chi connectivity index (χ1n) is 8.89. The van der Waals surface area contributed by atoms with Crippen LogP contribution in [-0.4, -0.2) is 36.7 Å². The fourth-order valence-electron chi connectivity index (χ4n) is 2.40. The number of anilines is 2. The lowest BCUT2D eigenvalue weighted by molar-refractivity contribution is -0.115. The topological polar surface area (TPSA) is 110 Å². The molecule has 30 heavy (non-hydrogen) atoms. The molecule has 2 N–H and O–H groups in total. The molecule has 0 spiro atoms. The van der Waals surface area contributed by atoms with Crippen LogP contribution in [0.4, 0.5) is 11.6 Å². The van der Waals surface area contributed by atoms with Crippen molar-refractivity contribution in [1.29, 1.82) is 0 Å². The summed E-state index contributed by atoms with van der Waals surface area (Å²) < 4.78 is 32.2. The van der Waals surface area contributed by atoms with Gasteiger partial charge in [-0.05, 0) is 61.5 Å². The molecule has 0 radical (unpaired) electrons. The summed E-state index contributed by atoms with van der Waals surface area (Å²) in [6.45, 7) is 1.80. The van der Waals surface area contributed by atoms with E-state index in [4.69, 9.17) is 4.74 Å². The van der Waals surface area contributed by atoms with Crippen molar-refractivity contribution in [1.82, 2.24) is 9.97 Å². The Morgan fingerprint density at radius 3 is 2.27 bits per heavy atom. The normalized spacial score (nSPS) is 12.1. The van der Waals surface area contributed by atoms with E-state index in [1.54, 1.807) is 20.1 Å². The van der Waals surface area contributed by atoms with Gasteiger partial charge in [-0.1, -0.05) is 0 Å². The number of sulfonamides is 1. The van der Waals surface area contributed by atoms with Gasteiger partial charge in [0.05, 0.1) is 17.3 Å². The maximum atomic E-state index is 12.5. The lowest BCUT2D eigenvalue weighted by Gasteiger charge is -2.13. The van der Waals surface area contributed by atoms with Gasteiger partial charge in [-0.3, -0.25) is 4.79 Å².